The van der Waals surface area contributed by atoms with Gasteiger partial charge in [0.05, 0.1) is 11.3 Å². The van der Waals surface area contributed by atoms with Gasteiger partial charge in [-0.2, -0.15) is 11.8 Å². The van der Waals surface area contributed by atoms with Crippen molar-refractivity contribution in [2.75, 3.05) is 23.9 Å². The number of rotatable bonds is 7. The Labute approximate surface area is 142 Å². The molecule has 0 radical (unpaired) electrons. The molecule has 22 heavy (non-hydrogen) atoms. The minimum absolute atomic E-state index is 0.198. The number of urea groups is 1. The molecule has 6 heteroatoms. The van der Waals surface area contributed by atoms with Crippen LogP contribution in [0.2, 0.25) is 5.02 Å². The molecule has 1 aromatic carbocycles. The number of hydrogen-bond donors (Lipinski definition) is 3. The van der Waals surface area contributed by atoms with Crippen LogP contribution in [0.5, 0.6) is 0 Å². The first-order chi connectivity index (χ1) is 10.3. The van der Waals surface area contributed by atoms with Gasteiger partial charge in [-0.1, -0.05) is 31.5 Å². The summed E-state index contributed by atoms with van der Waals surface area (Å²) in [5.74, 6) is 0.560. The van der Waals surface area contributed by atoms with Gasteiger partial charge < -0.3 is 15.7 Å². The zero-order valence-corrected chi connectivity index (χ0v) is 15.2. The van der Waals surface area contributed by atoms with Crippen molar-refractivity contribution < 1.29 is 9.90 Å². The Morgan fingerprint density at radius 1 is 1.36 bits per heavy atom. The van der Waals surface area contributed by atoms with Crippen molar-refractivity contribution in [1.82, 2.24) is 5.32 Å². The maximum Gasteiger partial charge on any atom is 0.319 e. The number of benzene rings is 1. The third-order valence-electron chi connectivity index (χ3n) is 3.40. The SMILES string of the molecule is CCc1ccc(Cl)c(CC)c1NC(=O)NCC(C)(O)CSC. The molecule has 1 rings (SSSR count). The van der Waals surface area contributed by atoms with Gasteiger partial charge in [0, 0.05) is 17.3 Å². The quantitative estimate of drug-likeness (QED) is 0.706. The lowest BCUT2D eigenvalue weighted by molar-refractivity contribution is 0.0876. The molecule has 0 aliphatic carbocycles. The number of aryl methyl sites for hydroxylation is 1. The minimum Gasteiger partial charge on any atom is -0.387 e. The van der Waals surface area contributed by atoms with Crippen LogP contribution >= 0.6 is 23.4 Å². The Morgan fingerprint density at radius 2 is 2.05 bits per heavy atom. The van der Waals surface area contributed by atoms with Gasteiger partial charge in [-0.25, -0.2) is 4.79 Å². The van der Waals surface area contributed by atoms with E-state index in [0.29, 0.717) is 10.8 Å². The molecule has 1 unspecified atom stereocenters. The number of nitrogens with one attached hydrogen (secondary N) is 2. The molecule has 0 fully saturated rings. The van der Waals surface area contributed by atoms with Gasteiger partial charge in [0.15, 0.2) is 0 Å². The highest BCUT2D eigenvalue weighted by molar-refractivity contribution is 7.98. The van der Waals surface area contributed by atoms with Crippen LogP contribution < -0.4 is 10.6 Å². The van der Waals surface area contributed by atoms with Crippen LogP contribution in [0.4, 0.5) is 10.5 Å². The molecule has 0 heterocycles. The van der Waals surface area contributed by atoms with Crippen LogP contribution in [-0.2, 0) is 12.8 Å². The second kappa shape index (κ2) is 8.65. The lowest BCUT2D eigenvalue weighted by Gasteiger charge is -2.23. The number of anilines is 1. The molecule has 0 saturated carbocycles. The molecule has 1 aromatic rings. The molecular weight excluding hydrogens is 320 g/mol. The van der Waals surface area contributed by atoms with E-state index in [2.05, 4.69) is 10.6 Å². The lowest BCUT2D eigenvalue weighted by Crippen LogP contribution is -2.44. The average Bonchev–Trinajstić information content (AvgIpc) is 2.46. The Kier molecular flexibility index (Phi) is 7.53. The molecule has 0 aliphatic rings. The van der Waals surface area contributed by atoms with Crippen LogP contribution in [0.15, 0.2) is 12.1 Å². The van der Waals surface area contributed by atoms with E-state index in [4.69, 9.17) is 11.6 Å². The fourth-order valence-electron chi connectivity index (χ4n) is 2.26. The van der Waals surface area contributed by atoms with Crippen molar-refractivity contribution in [3.05, 3.63) is 28.3 Å². The van der Waals surface area contributed by atoms with Crippen molar-refractivity contribution in [1.29, 1.82) is 0 Å². The Bertz CT molecular complexity index is 521. The molecule has 0 aliphatic heterocycles. The van der Waals surface area contributed by atoms with Gasteiger partial charge in [-0.3, -0.25) is 0 Å². The van der Waals surface area contributed by atoms with Crippen molar-refractivity contribution >= 4 is 35.1 Å². The minimum atomic E-state index is -0.924. The maximum atomic E-state index is 12.1. The maximum absolute atomic E-state index is 12.1. The van der Waals surface area contributed by atoms with E-state index in [-0.39, 0.29) is 12.6 Å². The highest BCUT2D eigenvalue weighted by atomic mass is 35.5. The largest absolute Gasteiger partial charge is 0.387 e. The summed E-state index contributed by atoms with van der Waals surface area (Å²) in [6.45, 7) is 5.95. The molecule has 4 nitrogen and oxygen atoms in total. The summed E-state index contributed by atoms with van der Waals surface area (Å²) >= 11 is 7.76. The van der Waals surface area contributed by atoms with E-state index < -0.39 is 5.60 Å². The normalized spacial score (nSPS) is 13.5. The Hall–Kier alpha value is -0.910. The molecular formula is C16H25ClN2O2S. The first-order valence-corrected chi connectivity index (χ1v) is 9.18. The first kappa shape index (κ1) is 19.1. The highest BCUT2D eigenvalue weighted by Gasteiger charge is 2.21. The summed E-state index contributed by atoms with van der Waals surface area (Å²) in [6, 6.07) is 3.47. The molecule has 0 spiro atoms. The third kappa shape index (κ3) is 5.38. The van der Waals surface area contributed by atoms with E-state index in [9.17, 15) is 9.90 Å². The van der Waals surface area contributed by atoms with Gasteiger partial charge >= 0.3 is 6.03 Å². The summed E-state index contributed by atoms with van der Waals surface area (Å²) < 4.78 is 0. The van der Waals surface area contributed by atoms with Crippen molar-refractivity contribution in [3.63, 3.8) is 0 Å². The molecule has 0 saturated heterocycles. The summed E-state index contributed by atoms with van der Waals surface area (Å²) in [4.78, 5) is 12.1. The van der Waals surface area contributed by atoms with Crippen molar-refractivity contribution in [2.45, 2.75) is 39.2 Å². The number of aliphatic hydroxyl groups is 1. The van der Waals surface area contributed by atoms with E-state index in [1.807, 2.05) is 32.2 Å². The van der Waals surface area contributed by atoms with Gasteiger partial charge in [0.25, 0.3) is 0 Å². The Morgan fingerprint density at radius 3 is 2.59 bits per heavy atom. The lowest BCUT2D eigenvalue weighted by atomic mass is 10.0. The topological polar surface area (TPSA) is 61.4 Å². The predicted octanol–water partition coefficient (Wildman–Crippen LogP) is 3.70. The average molecular weight is 345 g/mol. The third-order valence-corrected chi connectivity index (χ3v) is 4.66. The number of thioether (sulfide) groups is 1. The predicted molar refractivity (Wildman–Crippen MR) is 96.2 cm³/mol. The molecule has 124 valence electrons. The van der Waals surface area contributed by atoms with Crippen LogP contribution in [-0.4, -0.2) is 35.3 Å². The number of amides is 2. The van der Waals surface area contributed by atoms with Crippen LogP contribution in [0.3, 0.4) is 0 Å². The van der Waals surface area contributed by atoms with Gasteiger partial charge in [0.1, 0.15) is 0 Å². The summed E-state index contributed by atoms with van der Waals surface area (Å²) in [5.41, 5.74) is 1.84. The van der Waals surface area contributed by atoms with Gasteiger partial charge in [-0.15, -0.1) is 0 Å². The van der Waals surface area contributed by atoms with Crippen LogP contribution in [0.1, 0.15) is 31.9 Å². The molecule has 2 amide bonds. The zero-order chi connectivity index (χ0) is 16.8. The van der Waals surface area contributed by atoms with Crippen molar-refractivity contribution in [3.8, 4) is 0 Å². The van der Waals surface area contributed by atoms with Gasteiger partial charge in [-0.05, 0) is 43.2 Å². The molecule has 1 atom stereocenters. The van der Waals surface area contributed by atoms with Crippen LogP contribution in [0, 0.1) is 0 Å². The fourth-order valence-corrected chi connectivity index (χ4v) is 3.27. The zero-order valence-electron chi connectivity index (χ0n) is 13.6. The van der Waals surface area contributed by atoms with Crippen LogP contribution in [0.25, 0.3) is 0 Å². The van der Waals surface area contributed by atoms with Crippen molar-refractivity contribution in [2.24, 2.45) is 0 Å². The number of hydrogen-bond acceptors (Lipinski definition) is 3. The second-order valence-corrected chi connectivity index (χ2v) is 6.78. The Balaban J connectivity index is 2.82. The molecule has 0 bridgehead atoms. The standard InChI is InChI=1S/C16H25ClN2O2S/c1-5-11-7-8-13(17)12(6-2)14(11)19-15(20)18-9-16(3,21)10-22-4/h7-8,21H,5-6,9-10H2,1-4H3,(H2,18,19,20). The molecule has 3 N–H and O–H groups in total. The number of carbonyl (C=O) groups is 1. The molecule has 0 aromatic heterocycles. The van der Waals surface area contributed by atoms with E-state index in [1.165, 1.54) is 11.8 Å². The van der Waals surface area contributed by atoms with E-state index in [0.717, 1.165) is 29.7 Å². The second-order valence-electron chi connectivity index (χ2n) is 5.50. The first-order valence-electron chi connectivity index (χ1n) is 7.41. The monoisotopic (exact) mass is 344 g/mol. The summed E-state index contributed by atoms with van der Waals surface area (Å²) in [6.07, 6.45) is 3.47. The van der Waals surface area contributed by atoms with E-state index >= 15 is 0 Å². The number of halogens is 1. The summed E-state index contributed by atoms with van der Waals surface area (Å²) in [7, 11) is 0. The van der Waals surface area contributed by atoms with E-state index in [1.54, 1.807) is 6.92 Å². The van der Waals surface area contributed by atoms with Gasteiger partial charge in [0.2, 0.25) is 0 Å². The number of carbonyl (C=O) groups excluding carboxylic acids is 1. The highest BCUT2D eigenvalue weighted by Crippen LogP contribution is 2.29. The fraction of sp³-hybridized carbons (Fsp3) is 0.562. The smallest absolute Gasteiger partial charge is 0.319 e. The summed E-state index contributed by atoms with van der Waals surface area (Å²) in [5, 5.41) is 16.4.